The maximum atomic E-state index is 11.2. The molecule has 0 aliphatic heterocycles. The van der Waals surface area contributed by atoms with E-state index < -0.39 is 0 Å². The molecule has 0 radical (unpaired) electrons. The Morgan fingerprint density at radius 1 is 1.42 bits per heavy atom. The highest BCUT2D eigenvalue weighted by Crippen LogP contribution is 2.20. The van der Waals surface area contributed by atoms with Gasteiger partial charge in [-0.05, 0) is 18.2 Å². The second-order valence-corrected chi connectivity index (χ2v) is 3.14. The van der Waals surface area contributed by atoms with Crippen LogP contribution < -0.4 is 5.73 Å². The molecule has 0 unspecified atom stereocenters. The highest BCUT2D eigenvalue weighted by molar-refractivity contribution is 6.35. The van der Waals surface area contributed by atoms with Gasteiger partial charge in [-0.3, -0.25) is 4.79 Å². The van der Waals surface area contributed by atoms with Gasteiger partial charge in [0.15, 0.2) is 0 Å². The lowest BCUT2D eigenvalue weighted by Crippen LogP contribution is -2.54. The normalized spacial score (nSPS) is 9.92. The van der Waals surface area contributed by atoms with Crippen LogP contribution >= 0.6 is 23.2 Å². The van der Waals surface area contributed by atoms with Crippen molar-refractivity contribution in [3.63, 3.8) is 0 Å². The van der Waals surface area contributed by atoms with Gasteiger partial charge in [-0.1, -0.05) is 23.2 Å². The SMILES string of the molecule is [NH3+]CC(=O)c1cc(Cl)ccc1Cl. The molecule has 0 atom stereocenters. The summed E-state index contributed by atoms with van der Waals surface area (Å²) in [5.74, 6) is -0.0949. The number of carbonyl (C=O) groups is 1. The lowest BCUT2D eigenvalue weighted by atomic mass is 10.1. The molecule has 0 fully saturated rings. The van der Waals surface area contributed by atoms with Crippen molar-refractivity contribution in [2.75, 3.05) is 6.54 Å². The molecule has 2 nitrogen and oxygen atoms in total. The molecule has 0 aliphatic rings. The zero-order valence-corrected chi connectivity index (χ0v) is 7.82. The van der Waals surface area contributed by atoms with Crippen molar-refractivity contribution in [1.82, 2.24) is 0 Å². The van der Waals surface area contributed by atoms with Crippen LogP contribution in [0.4, 0.5) is 0 Å². The number of benzene rings is 1. The average molecular weight is 205 g/mol. The second kappa shape index (κ2) is 3.90. The number of ketones is 1. The van der Waals surface area contributed by atoms with Crippen LogP contribution in [0.15, 0.2) is 18.2 Å². The van der Waals surface area contributed by atoms with Crippen molar-refractivity contribution in [1.29, 1.82) is 0 Å². The van der Waals surface area contributed by atoms with E-state index in [1.54, 1.807) is 18.2 Å². The summed E-state index contributed by atoms with van der Waals surface area (Å²) in [4.78, 5) is 11.2. The van der Waals surface area contributed by atoms with Crippen LogP contribution in [0.2, 0.25) is 10.0 Å². The molecule has 0 bridgehead atoms. The first-order chi connectivity index (χ1) is 5.65. The third kappa shape index (κ3) is 1.97. The predicted molar refractivity (Wildman–Crippen MR) is 48.5 cm³/mol. The molecule has 0 saturated heterocycles. The number of hydrogen-bond acceptors (Lipinski definition) is 1. The van der Waals surface area contributed by atoms with Crippen molar-refractivity contribution in [3.05, 3.63) is 33.8 Å². The van der Waals surface area contributed by atoms with Crippen molar-refractivity contribution < 1.29 is 10.5 Å². The van der Waals surface area contributed by atoms with Gasteiger partial charge in [0, 0.05) is 10.6 Å². The van der Waals surface area contributed by atoms with E-state index in [0.29, 0.717) is 15.6 Å². The molecule has 1 aromatic carbocycles. The van der Waals surface area contributed by atoms with E-state index in [1.165, 1.54) is 0 Å². The Bertz CT molecular complexity index is 312. The number of halogens is 2. The summed E-state index contributed by atoms with van der Waals surface area (Å²) in [6, 6.07) is 4.80. The quantitative estimate of drug-likeness (QED) is 0.729. The minimum absolute atomic E-state index is 0.0949. The largest absolute Gasteiger partial charge is 0.351 e. The molecule has 64 valence electrons. The van der Waals surface area contributed by atoms with Gasteiger partial charge in [0.25, 0.3) is 0 Å². The Balaban J connectivity index is 3.13. The topological polar surface area (TPSA) is 44.7 Å². The van der Waals surface area contributed by atoms with Gasteiger partial charge >= 0.3 is 0 Å². The summed E-state index contributed by atoms with van der Waals surface area (Å²) in [6.07, 6.45) is 0. The molecule has 1 rings (SSSR count). The van der Waals surface area contributed by atoms with E-state index in [0.717, 1.165) is 0 Å². The molecule has 0 amide bonds. The minimum atomic E-state index is -0.0949. The zero-order valence-electron chi connectivity index (χ0n) is 6.31. The average Bonchev–Trinajstić information content (AvgIpc) is 2.08. The van der Waals surface area contributed by atoms with Gasteiger partial charge < -0.3 is 5.73 Å². The van der Waals surface area contributed by atoms with Crippen molar-refractivity contribution >= 4 is 29.0 Å². The molecule has 12 heavy (non-hydrogen) atoms. The van der Waals surface area contributed by atoms with E-state index >= 15 is 0 Å². The van der Waals surface area contributed by atoms with E-state index in [4.69, 9.17) is 23.2 Å². The summed E-state index contributed by atoms with van der Waals surface area (Å²) in [5.41, 5.74) is 3.93. The summed E-state index contributed by atoms with van der Waals surface area (Å²) in [5, 5.41) is 0.934. The number of Topliss-reactive ketones (excluding diaryl/α,β-unsaturated/α-hetero) is 1. The first-order valence-corrected chi connectivity index (χ1v) is 4.18. The third-order valence-corrected chi connectivity index (χ3v) is 2.02. The minimum Gasteiger partial charge on any atom is -0.351 e. The Morgan fingerprint density at radius 2 is 2.08 bits per heavy atom. The highest BCUT2D eigenvalue weighted by atomic mass is 35.5. The first kappa shape index (κ1) is 9.52. The van der Waals surface area contributed by atoms with Crippen LogP contribution in [0.25, 0.3) is 0 Å². The highest BCUT2D eigenvalue weighted by Gasteiger charge is 2.09. The number of carbonyl (C=O) groups excluding carboxylic acids is 1. The van der Waals surface area contributed by atoms with Gasteiger partial charge in [-0.15, -0.1) is 0 Å². The molecule has 4 heteroatoms. The summed E-state index contributed by atoms with van der Waals surface area (Å²) >= 11 is 11.4. The Morgan fingerprint density at radius 3 is 2.67 bits per heavy atom. The van der Waals surface area contributed by atoms with Gasteiger partial charge in [0.05, 0.1) is 5.02 Å². The van der Waals surface area contributed by atoms with Crippen LogP contribution in [0.5, 0.6) is 0 Å². The van der Waals surface area contributed by atoms with Crippen LogP contribution in [0, 0.1) is 0 Å². The monoisotopic (exact) mass is 204 g/mol. The van der Waals surface area contributed by atoms with E-state index in [2.05, 4.69) is 5.73 Å². The third-order valence-electron chi connectivity index (χ3n) is 1.46. The molecule has 0 saturated carbocycles. The van der Waals surface area contributed by atoms with Gasteiger partial charge in [0.1, 0.15) is 6.54 Å². The maximum absolute atomic E-state index is 11.2. The fourth-order valence-corrected chi connectivity index (χ4v) is 1.24. The number of hydrogen-bond donors (Lipinski definition) is 1. The standard InChI is InChI=1S/C8H7Cl2NO/c9-5-1-2-7(10)6(3-5)8(12)4-11/h1-3H,4,11H2/p+1. The van der Waals surface area contributed by atoms with E-state index in [1.807, 2.05) is 0 Å². The summed E-state index contributed by atoms with van der Waals surface area (Å²) < 4.78 is 0. The lowest BCUT2D eigenvalue weighted by Gasteiger charge is -1.99. The smallest absolute Gasteiger partial charge is 0.218 e. The lowest BCUT2D eigenvalue weighted by molar-refractivity contribution is -0.349. The van der Waals surface area contributed by atoms with E-state index in [9.17, 15) is 4.79 Å². The molecular formula is C8H8Cl2NO+. The zero-order chi connectivity index (χ0) is 9.14. The molecule has 0 aliphatic carbocycles. The van der Waals surface area contributed by atoms with E-state index in [-0.39, 0.29) is 12.3 Å². The van der Waals surface area contributed by atoms with Crippen LogP contribution in [0.3, 0.4) is 0 Å². The molecule has 0 spiro atoms. The fraction of sp³-hybridized carbons (Fsp3) is 0.125. The number of quaternary nitrogens is 1. The summed E-state index contributed by atoms with van der Waals surface area (Å²) in [6.45, 7) is 0.195. The van der Waals surface area contributed by atoms with Crippen molar-refractivity contribution in [2.45, 2.75) is 0 Å². The van der Waals surface area contributed by atoms with Crippen LogP contribution in [0.1, 0.15) is 10.4 Å². The molecule has 0 aromatic heterocycles. The Labute approximate surface area is 80.3 Å². The van der Waals surface area contributed by atoms with Crippen molar-refractivity contribution in [3.8, 4) is 0 Å². The van der Waals surface area contributed by atoms with Gasteiger partial charge in [-0.25, -0.2) is 0 Å². The molecule has 1 aromatic rings. The van der Waals surface area contributed by atoms with Crippen molar-refractivity contribution in [2.24, 2.45) is 0 Å². The van der Waals surface area contributed by atoms with Crippen LogP contribution in [-0.4, -0.2) is 12.3 Å². The summed E-state index contributed by atoms with van der Waals surface area (Å²) in [7, 11) is 0. The van der Waals surface area contributed by atoms with Crippen LogP contribution in [-0.2, 0) is 0 Å². The Hall–Kier alpha value is -0.570. The number of rotatable bonds is 2. The fourth-order valence-electron chi connectivity index (χ4n) is 0.846. The molecule has 0 heterocycles. The maximum Gasteiger partial charge on any atom is 0.218 e. The van der Waals surface area contributed by atoms with Gasteiger partial charge in [0.2, 0.25) is 5.78 Å². The predicted octanol–water partition coefficient (Wildman–Crippen LogP) is 1.42. The molecular weight excluding hydrogens is 197 g/mol. The molecule has 3 N–H and O–H groups in total. The second-order valence-electron chi connectivity index (χ2n) is 2.30. The Kier molecular flexibility index (Phi) is 3.09. The first-order valence-electron chi connectivity index (χ1n) is 3.42. The van der Waals surface area contributed by atoms with Gasteiger partial charge in [-0.2, -0.15) is 0 Å².